The van der Waals surface area contributed by atoms with Crippen molar-refractivity contribution in [1.82, 2.24) is 5.32 Å². The lowest BCUT2D eigenvalue weighted by Crippen LogP contribution is -2.21. The van der Waals surface area contributed by atoms with Crippen LogP contribution in [0, 0.1) is 24.6 Å². The van der Waals surface area contributed by atoms with Crippen LogP contribution in [0.1, 0.15) is 55.9 Å². The van der Waals surface area contributed by atoms with Crippen LogP contribution in [0.4, 0.5) is 4.39 Å². The summed E-state index contributed by atoms with van der Waals surface area (Å²) < 4.78 is 19.6. The highest BCUT2D eigenvalue weighted by Crippen LogP contribution is 2.36. The highest BCUT2D eigenvalue weighted by molar-refractivity contribution is 7.10. The largest absolute Gasteiger partial charge is 0.393 e. The van der Waals surface area contributed by atoms with Crippen LogP contribution in [-0.2, 0) is 16.0 Å². The van der Waals surface area contributed by atoms with Gasteiger partial charge >= 0.3 is 0 Å². The van der Waals surface area contributed by atoms with E-state index in [-0.39, 0.29) is 29.7 Å². The Bertz CT molecular complexity index is 763. The molecule has 0 saturated heterocycles. The summed E-state index contributed by atoms with van der Waals surface area (Å²) in [6, 6.07) is 0. The maximum absolute atomic E-state index is 14.0. The van der Waals surface area contributed by atoms with Crippen molar-refractivity contribution in [3.63, 3.8) is 0 Å². The molecule has 1 aromatic heterocycles. The third-order valence-corrected chi connectivity index (χ3v) is 7.25. The van der Waals surface area contributed by atoms with Crippen LogP contribution in [0.15, 0.2) is 29.7 Å². The number of amides is 1. The molecule has 1 aliphatic rings. The number of carbonyl (C=O) groups is 1. The molecule has 1 fully saturated rings. The molecule has 1 saturated carbocycles. The number of nitrogens with one attached hydrogen (secondary N) is 1. The number of methoxy groups -OCH3 is 1. The average molecular weight is 468 g/mol. The summed E-state index contributed by atoms with van der Waals surface area (Å²) >= 11 is 1.43. The Labute approximate surface area is 195 Å². The molecule has 180 valence electrons. The molecule has 5 atom stereocenters. The fourth-order valence-electron chi connectivity index (χ4n) is 4.21. The number of hydrogen-bond acceptors (Lipinski definition) is 5. The minimum absolute atomic E-state index is 0.0595. The number of hydrogen-bond donors (Lipinski definition) is 3. The van der Waals surface area contributed by atoms with Gasteiger partial charge in [-0.15, -0.1) is 11.3 Å². The molecule has 1 amide bonds. The second-order valence-corrected chi connectivity index (χ2v) is 9.48. The van der Waals surface area contributed by atoms with E-state index in [0.717, 1.165) is 17.7 Å². The molecule has 3 N–H and O–H groups in total. The van der Waals surface area contributed by atoms with Gasteiger partial charge in [0, 0.05) is 37.3 Å². The van der Waals surface area contributed by atoms with Crippen LogP contribution < -0.4 is 5.32 Å². The van der Waals surface area contributed by atoms with Gasteiger partial charge in [0.25, 0.3) is 0 Å². The number of thiophene rings is 1. The molecule has 2 rings (SSSR count). The van der Waals surface area contributed by atoms with Crippen LogP contribution in [0.25, 0.3) is 0 Å². The Balaban J connectivity index is 1.85. The summed E-state index contributed by atoms with van der Waals surface area (Å²) in [6.07, 6.45) is 11.1. The molecule has 5 nitrogen and oxygen atoms in total. The molecule has 1 aromatic rings. The van der Waals surface area contributed by atoms with Gasteiger partial charge in [0.05, 0.1) is 18.3 Å². The lowest BCUT2D eigenvalue weighted by molar-refractivity contribution is -0.121. The predicted octanol–water partition coefficient (Wildman–Crippen LogP) is 4.31. The minimum Gasteiger partial charge on any atom is -0.393 e. The van der Waals surface area contributed by atoms with Gasteiger partial charge in [0.1, 0.15) is 5.82 Å². The van der Waals surface area contributed by atoms with Crippen molar-refractivity contribution in [3.8, 4) is 0 Å². The molecule has 0 radical (unpaired) electrons. The van der Waals surface area contributed by atoms with Gasteiger partial charge < -0.3 is 20.3 Å². The second kappa shape index (κ2) is 13.9. The normalized spacial score (nSPS) is 24.6. The standard InChI is InChI=1S/C25H38FNO4S/c1-4-27-24(30)10-8-6-5-7-9-19-20(22(29)15-21(19)28)13-11-18(31-3)12-14-23-25(26)17(2)16-32-23/h5,7,11,13,16,18-22,28-29H,4,6,8-10,12,14-15H2,1-3H3,(H,27,30)/b7-5+,13-11+. The fourth-order valence-corrected chi connectivity index (χ4v) is 5.14. The van der Waals surface area contributed by atoms with Crippen molar-refractivity contribution < 1.29 is 24.1 Å². The summed E-state index contributed by atoms with van der Waals surface area (Å²) in [7, 11) is 1.63. The molecule has 32 heavy (non-hydrogen) atoms. The third kappa shape index (κ3) is 8.10. The van der Waals surface area contributed by atoms with Gasteiger partial charge in [0.15, 0.2) is 0 Å². The number of aliphatic hydroxyl groups excluding tert-OH is 2. The van der Waals surface area contributed by atoms with Crippen molar-refractivity contribution in [2.45, 2.75) is 77.1 Å². The highest BCUT2D eigenvalue weighted by Gasteiger charge is 2.39. The van der Waals surface area contributed by atoms with E-state index >= 15 is 0 Å². The lowest BCUT2D eigenvalue weighted by Gasteiger charge is -2.20. The molecular formula is C25H38FNO4S. The van der Waals surface area contributed by atoms with Crippen molar-refractivity contribution >= 4 is 17.2 Å². The monoisotopic (exact) mass is 467 g/mol. The molecule has 0 bridgehead atoms. The summed E-state index contributed by atoms with van der Waals surface area (Å²) in [5, 5.41) is 25.5. The highest BCUT2D eigenvalue weighted by atomic mass is 32.1. The average Bonchev–Trinajstić information content (AvgIpc) is 3.22. The number of unbranched alkanes of at least 4 members (excludes halogenated alkanes) is 1. The summed E-state index contributed by atoms with van der Waals surface area (Å²) in [6.45, 7) is 4.33. The molecule has 5 unspecified atom stereocenters. The summed E-state index contributed by atoms with van der Waals surface area (Å²) in [4.78, 5) is 12.2. The minimum atomic E-state index is -0.590. The zero-order valence-electron chi connectivity index (χ0n) is 19.4. The Hall–Kier alpha value is -1.54. The maximum atomic E-state index is 14.0. The van der Waals surface area contributed by atoms with E-state index in [2.05, 4.69) is 5.32 Å². The topological polar surface area (TPSA) is 78.8 Å². The first-order valence-corrected chi connectivity index (χ1v) is 12.5. The van der Waals surface area contributed by atoms with E-state index in [4.69, 9.17) is 4.74 Å². The Morgan fingerprint density at radius 1 is 1.38 bits per heavy atom. The number of rotatable bonds is 13. The van der Waals surface area contributed by atoms with Crippen LogP contribution >= 0.6 is 11.3 Å². The zero-order chi connectivity index (χ0) is 23.5. The lowest BCUT2D eigenvalue weighted by atomic mass is 9.89. The Morgan fingerprint density at radius 2 is 2.16 bits per heavy atom. The van der Waals surface area contributed by atoms with E-state index in [9.17, 15) is 19.4 Å². The van der Waals surface area contributed by atoms with Gasteiger partial charge in [-0.1, -0.05) is 24.3 Å². The molecule has 0 spiro atoms. The maximum Gasteiger partial charge on any atom is 0.219 e. The number of halogens is 1. The summed E-state index contributed by atoms with van der Waals surface area (Å²) in [5.74, 6) is -0.259. The van der Waals surface area contributed by atoms with E-state index in [1.165, 1.54) is 11.3 Å². The molecule has 7 heteroatoms. The van der Waals surface area contributed by atoms with Crippen LogP contribution in [-0.4, -0.2) is 48.1 Å². The molecule has 1 aliphatic carbocycles. The number of aliphatic hydroxyl groups is 2. The van der Waals surface area contributed by atoms with E-state index in [0.29, 0.717) is 44.2 Å². The zero-order valence-corrected chi connectivity index (χ0v) is 20.2. The number of allylic oxidation sites excluding steroid dienone is 2. The van der Waals surface area contributed by atoms with Crippen molar-refractivity contribution in [3.05, 3.63) is 45.9 Å². The SMILES string of the molecule is CCNC(=O)CCC/C=C/CC1C(O)CC(O)C1/C=C/C(CCc1scc(C)c1F)OC. The quantitative estimate of drug-likeness (QED) is 0.298. The molecule has 0 aliphatic heterocycles. The van der Waals surface area contributed by atoms with Crippen LogP contribution in [0.3, 0.4) is 0 Å². The number of carbonyl (C=O) groups excluding carboxylic acids is 1. The van der Waals surface area contributed by atoms with Crippen LogP contribution in [0.5, 0.6) is 0 Å². The fraction of sp³-hybridized carbons (Fsp3) is 0.640. The van der Waals surface area contributed by atoms with Crippen molar-refractivity contribution in [2.75, 3.05) is 13.7 Å². The molecule has 1 heterocycles. The predicted molar refractivity (Wildman–Crippen MR) is 127 cm³/mol. The van der Waals surface area contributed by atoms with Crippen molar-refractivity contribution in [1.29, 1.82) is 0 Å². The van der Waals surface area contributed by atoms with Crippen molar-refractivity contribution in [2.24, 2.45) is 11.8 Å². The van der Waals surface area contributed by atoms with E-state index in [1.54, 1.807) is 14.0 Å². The van der Waals surface area contributed by atoms with Gasteiger partial charge in [-0.05, 0) is 62.8 Å². The third-order valence-electron chi connectivity index (χ3n) is 6.12. The Kier molecular flexibility index (Phi) is 11.6. The van der Waals surface area contributed by atoms with Gasteiger partial charge in [0.2, 0.25) is 5.91 Å². The number of aryl methyl sites for hydroxylation is 2. The molecular weight excluding hydrogens is 429 g/mol. The smallest absolute Gasteiger partial charge is 0.219 e. The van der Waals surface area contributed by atoms with Crippen LogP contribution in [0.2, 0.25) is 0 Å². The van der Waals surface area contributed by atoms with Gasteiger partial charge in [-0.3, -0.25) is 4.79 Å². The first-order valence-electron chi connectivity index (χ1n) is 11.6. The van der Waals surface area contributed by atoms with E-state index < -0.39 is 12.2 Å². The second-order valence-electron chi connectivity index (χ2n) is 8.52. The first kappa shape index (κ1) is 26.7. The van der Waals surface area contributed by atoms with Gasteiger partial charge in [-0.25, -0.2) is 4.39 Å². The first-order chi connectivity index (χ1) is 15.4. The van der Waals surface area contributed by atoms with E-state index in [1.807, 2.05) is 36.6 Å². The van der Waals surface area contributed by atoms with Gasteiger partial charge in [-0.2, -0.15) is 0 Å². The summed E-state index contributed by atoms with van der Waals surface area (Å²) in [5.41, 5.74) is 0.678. The number of ether oxygens (including phenoxy) is 1. The Morgan fingerprint density at radius 3 is 2.81 bits per heavy atom. The molecule has 0 aromatic carbocycles.